The van der Waals surface area contributed by atoms with Crippen molar-refractivity contribution in [2.45, 2.75) is 45.4 Å². The van der Waals surface area contributed by atoms with Crippen molar-refractivity contribution in [1.82, 2.24) is 15.2 Å². The maximum atomic E-state index is 5.95. The molecule has 176 valence electrons. The lowest BCUT2D eigenvalue weighted by atomic mass is 10.0. The van der Waals surface area contributed by atoms with Gasteiger partial charge >= 0.3 is 0 Å². The Balaban J connectivity index is 0.00000341. The van der Waals surface area contributed by atoms with Crippen molar-refractivity contribution >= 4 is 28.8 Å². The monoisotopic (exact) mass is 499 g/mol. The highest BCUT2D eigenvalue weighted by Gasteiger charge is 2.34. The number of pyridine rings is 1. The van der Waals surface area contributed by atoms with Gasteiger partial charge in [0.05, 0.1) is 32.0 Å². The van der Waals surface area contributed by atoms with E-state index in [-0.39, 0.29) is 34.7 Å². The van der Waals surface area contributed by atoms with Gasteiger partial charge in [-0.1, -0.05) is 0 Å². The summed E-state index contributed by atoms with van der Waals surface area (Å²) in [6.07, 6.45) is 1.82. The fourth-order valence-electron chi connectivity index (χ4n) is 3.82. The number of halogens is 1. The Kier molecular flexibility index (Phi) is 9.99. The van der Waals surface area contributed by atoms with Gasteiger partial charge in [0.1, 0.15) is 11.9 Å². The van der Waals surface area contributed by atoms with Crippen LogP contribution in [0.2, 0.25) is 0 Å². The highest BCUT2D eigenvalue weighted by molar-refractivity contribution is 8.93. The third kappa shape index (κ3) is 7.30. The summed E-state index contributed by atoms with van der Waals surface area (Å²) in [5.41, 5.74) is 0.901. The second kappa shape index (κ2) is 12.0. The fraction of sp³-hybridized carbons (Fsp3) is 0.727. The molecule has 0 bridgehead atoms. The molecule has 1 N–H and O–H groups in total. The van der Waals surface area contributed by atoms with Crippen LogP contribution in [-0.4, -0.2) is 93.2 Å². The summed E-state index contributed by atoms with van der Waals surface area (Å²) >= 11 is 0. The normalized spacial score (nSPS) is 22.6. The number of rotatable bonds is 6. The third-order valence-electron chi connectivity index (χ3n) is 5.66. The third-order valence-corrected chi connectivity index (χ3v) is 5.66. The predicted molar refractivity (Wildman–Crippen MR) is 130 cm³/mol. The van der Waals surface area contributed by atoms with E-state index in [0.29, 0.717) is 26.4 Å². The van der Waals surface area contributed by atoms with Gasteiger partial charge in [-0.15, -0.1) is 17.0 Å². The minimum Gasteiger partial charge on any atom is -0.383 e. The molecule has 2 fully saturated rings. The zero-order valence-electron chi connectivity index (χ0n) is 19.5. The minimum atomic E-state index is -0.333. The number of methoxy groups -OCH3 is 1. The number of piperazine rings is 1. The van der Waals surface area contributed by atoms with E-state index in [4.69, 9.17) is 19.2 Å². The summed E-state index contributed by atoms with van der Waals surface area (Å²) in [4.78, 5) is 14.1. The lowest BCUT2D eigenvalue weighted by Crippen LogP contribution is -2.55. The Labute approximate surface area is 197 Å². The van der Waals surface area contributed by atoms with Gasteiger partial charge in [-0.05, 0) is 45.4 Å². The summed E-state index contributed by atoms with van der Waals surface area (Å²) in [7, 11) is 1.72. The van der Waals surface area contributed by atoms with Crippen molar-refractivity contribution in [3.63, 3.8) is 0 Å². The Morgan fingerprint density at radius 2 is 2.06 bits per heavy atom. The van der Waals surface area contributed by atoms with E-state index in [1.165, 1.54) is 5.56 Å². The Morgan fingerprint density at radius 3 is 2.71 bits per heavy atom. The minimum absolute atomic E-state index is 0. The van der Waals surface area contributed by atoms with E-state index in [1.807, 2.05) is 12.3 Å². The van der Waals surface area contributed by atoms with Gasteiger partial charge in [0.15, 0.2) is 5.96 Å². The van der Waals surface area contributed by atoms with E-state index >= 15 is 0 Å². The standard InChI is InChI=1S/C22H37N5O3.BrH/c1-17-6-7-23-20(14-17)26-8-10-27(11-9-26)21(25-18(2)16-28-5)24-15-19-22(3,4)30-13-12-29-19;/h6-7,14,18-19H,8-13,15-16H2,1-5H3,(H,24,25);1H. The molecule has 9 heteroatoms. The largest absolute Gasteiger partial charge is 0.383 e. The molecule has 0 spiro atoms. The van der Waals surface area contributed by atoms with E-state index in [9.17, 15) is 0 Å². The highest BCUT2D eigenvalue weighted by atomic mass is 79.9. The van der Waals surface area contributed by atoms with Crippen LogP contribution in [0.15, 0.2) is 23.3 Å². The first kappa shape index (κ1) is 25.8. The van der Waals surface area contributed by atoms with Crippen LogP contribution in [0.3, 0.4) is 0 Å². The number of hydrogen-bond acceptors (Lipinski definition) is 6. The average Bonchev–Trinajstić information content (AvgIpc) is 2.72. The van der Waals surface area contributed by atoms with Gasteiger partial charge in [-0.3, -0.25) is 4.99 Å². The zero-order valence-corrected chi connectivity index (χ0v) is 21.2. The van der Waals surface area contributed by atoms with Gasteiger partial charge in [0.2, 0.25) is 0 Å². The molecule has 3 rings (SSSR count). The van der Waals surface area contributed by atoms with Crippen LogP contribution in [0.25, 0.3) is 0 Å². The molecule has 0 radical (unpaired) electrons. The smallest absolute Gasteiger partial charge is 0.194 e. The number of anilines is 1. The van der Waals surface area contributed by atoms with Crippen molar-refractivity contribution in [2.75, 3.05) is 64.6 Å². The number of nitrogens with zero attached hydrogens (tertiary/aromatic N) is 4. The number of nitrogens with one attached hydrogen (secondary N) is 1. The van der Waals surface area contributed by atoms with Gasteiger partial charge in [-0.2, -0.15) is 0 Å². The average molecular weight is 500 g/mol. The predicted octanol–water partition coefficient (Wildman–Crippen LogP) is 2.26. The van der Waals surface area contributed by atoms with Crippen LogP contribution in [0.5, 0.6) is 0 Å². The van der Waals surface area contributed by atoms with Crippen LogP contribution in [-0.2, 0) is 14.2 Å². The van der Waals surface area contributed by atoms with Gasteiger partial charge in [0, 0.05) is 45.5 Å². The zero-order chi connectivity index (χ0) is 21.6. The lowest BCUT2D eigenvalue weighted by Gasteiger charge is -2.39. The van der Waals surface area contributed by atoms with Gasteiger partial charge < -0.3 is 29.3 Å². The SMILES string of the molecule is Br.COCC(C)NC(=NCC1OCCOC1(C)C)N1CCN(c2cc(C)ccn2)CC1. The molecule has 8 nitrogen and oxygen atoms in total. The Morgan fingerprint density at radius 1 is 1.32 bits per heavy atom. The maximum Gasteiger partial charge on any atom is 0.194 e. The van der Waals surface area contributed by atoms with E-state index < -0.39 is 0 Å². The molecule has 0 aliphatic carbocycles. The second-order valence-electron chi connectivity index (χ2n) is 8.64. The topological polar surface area (TPSA) is 71.5 Å². The van der Waals surface area contributed by atoms with Crippen molar-refractivity contribution < 1.29 is 14.2 Å². The van der Waals surface area contributed by atoms with E-state index in [2.05, 4.69) is 53.9 Å². The molecule has 0 amide bonds. The molecular weight excluding hydrogens is 462 g/mol. The van der Waals surface area contributed by atoms with Gasteiger partial charge in [0.25, 0.3) is 0 Å². The van der Waals surface area contributed by atoms with Crippen molar-refractivity contribution in [1.29, 1.82) is 0 Å². The molecule has 0 saturated carbocycles. The molecule has 3 heterocycles. The number of hydrogen-bond donors (Lipinski definition) is 1. The van der Waals surface area contributed by atoms with Crippen LogP contribution in [0.1, 0.15) is 26.3 Å². The number of aromatic nitrogens is 1. The van der Waals surface area contributed by atoms with Crippen LogP contribution < -0.4 is 10.2 Å². The molecule has 1 aromatic rings. The number of aryl methyl sites for hydroxylation is 1. The van der Waals surface area contributed by atoms with Crippen molar-refractivity contribution in [2.24, 2.45) is 4.99 Å². The highest BCUT2D eigenvalue weighted by Crippen LogP contribution is 2.22. The number of aliphatic imine (C=N–C) groups is 1. The summed E-state index contributed by atoms with van der Waals surface area (Å²) in [6, 6.07) is 4.35. The molecular formula is C22H38BrN5O3. The number of guanidine groups is 1. The quantitative estimate of drug-likeness (QED) is 0.475. The lowest BCUT2D eigenvalue weighted by molar-refractivity contribution is -0.182. The Bertz CT molecular complexity index is 710. The van der Waals surface area contributed by atoms with Gasteiger partial charge in [-0.25, -0.2) is 4.98 Å². The van der Waals surface area contributed by atoms with E-state index in [1.54, 1.807) is 7.11 Å². The van der Waals surface area contributed by atoms with Crippen LogP contribution >= 0.6 is 17.0 Å². The van der Waals surface area contributed by atoms with Crippen molar-refractivity contribution in [3.8, 4) is 0 Å². The first-order valence-electron chi connectivity index (χ1n) is 10.9. The summed E-state index contributed by atoms with van der Waals surface area (Å²) < 4.78 is 17.1. The molecule has 2 aliphatic rings. The molecule has 31 heavy (non-hydrogen) atoms. The first-order chi connectivity index (χ1) is 14.4. The van der Waals surface area contributed by atoms with Crippen LogP contribution in [0, 0.1) is 6.92 Å². The molecule has 2 aliphatic heterocycles. The fourth-order valence-corrected chi connectivity index (χ4v) is 3.82. The summed E-state index contributed by atoms with van der Waals surface area (Å²) in [6.45, 7) is 14.4. The van der Waals surface area contributed by atoms with E-state index in [0.717, 1.165) is 38.0 Å². The molecule has 2 atom stereocenters. The second-order valence-corrected chi connectivity index (χ2v) is 8.64. The van der Waals surface area contributed by atoms with Crippen molar-refractivity contribution in [3.05, 3.63) is 23.9 Å². The molecule has 2 saturated heterocycles. The summed E-state index contributed by atoms with van der Waals surface area (Å²) in [5, 5.41) is 3.54. The Hall–Kier alpha value is -1.42. The number of ether oxygens (including phenoxy) is 3. The summed E-state index contributed by atoms with van der Waals surface area (Å²) in [5.74, 6) is 1.95. The molecule has 1 aromatic heterocycles. The maximum absolute atomic E-state index is 5.95. The molecule has 2 unspecified atom stereocenters. The first-order valence-corrected chi connectivity index (χ1v) is 10.9. The molecule has 0 aromatic carbocycles. The van der Waals surface area contributed by atoms with Crippen LogP contribution in [0.4, 0.5) is 5.82 Å².